The van der Waals surface area contributed by atoms with Crippen molar-refractivity contribution in [2.75, 3.05) is 0 Å². The summed E-state index contributed by atoms with van der Waals surface area (Å²) in [5.41, 5.74) is 9.35. The molecule has 0 spiro atoms. The smallest absolute Gasteiger partial charge is 0.225 e. The molecule has 2 rings (SSSR count). The van der Waals surface area contributed by atoms with Gasteiger partial charge in [0.2, 0.25) is 5.91 Å². The minimum atomic E-state index is -0.138. The number of nitrogens with zero attached hydrogens (tertiary/aromatic N) is 3. The summed E-state index contributed by atoms with van der Waals surface area (Å²) < 4.78 is 1.86. The number of amides is 1. The molecule has 1 aromatic rings. The van der Waals surface area contributed by atoms with E-state index >= 15 is 0 Å². The van der Waals surface area contributed by atoms with Gasteiger partial charge in [-0.15, -0.1) is 0 Å². The first-order valence-corrected chi connectivity index (χ1v) is 6.41. The van der Waals surface area contributed by atoms with Crippen LogP contribution >= 0.6 is 0 Å². The van der Waals surface area contributed by atoms with Crippen LogP contribution in [0, 0.1) is 13.8 Å². The molecule has 0 bridgehead atoms. The van der Waals surface area contributed by atoms with Crippen LogP contribution in [0.4, 0.5) is 0 Å². The first-order valence-electron chi connectivity index (χ1n) is 6.41. The average Bonchev–Trinajstić information content (AvgIpc) is 2.65. The zero-order chi connectivity index (χ0) is 13.6. The molecule has 1 fully saturated rings. The predicted octanol–water partition coefficient (Wildman–Crippen LogP) is 1.05. The lowest BCUT2D eigenvalue weighted by Gasteiger charge is -2.30. The Morgan fingerprint density at radius 3 is 2.44 bits per heavy atom. The number of carbonyl (C=O) groups is 1. The number of rotatable bonds is 2. The monoisotopic (exact) mass is 250 g/mol. The molecule has 0 aromatic carbocycles. The van der Waals surface area contributed by atoms with E-state index in [1.54, 1.807) is 0 Å². The van der Waals surface area contributed by atoms with Crippen molar-refractivity contribution in [1.82, 2.24) is 14.7 Å². The summed E-state index contributed by atoms with van der Waals surface area (Å²) in [6.45, 7) is 8.08. The summed E-state index contributed by atoms with van der Waals surface area (Å²) >= 11 is 0. The lowest BCUT2D eigenvalue weighted by atomic mass is 9.98. The van der Waals surface area contributed by atoms with Gasteiger partial charge in [-0.2, -0.15) is 5.10 Å². The minimum absolute atomic E-state index is 0.0359. The van der Waals surface area contributed by atoms with Crippen molar-refractivity contribution < 1.29 is 4.79 Å². The van der Waals surface area contributed by atoms with Crippen molar-refractivity contribution in [3.63, 3.8) is 0 Å². The molecule has 1 amide bonds. The Bertz CT molecular complexity index is 478. The maximum absolute atomic E-state index is 12.1. The topological polar surface area (TPSA) is 64.2 Å². The van der Waals surface area contributed by atoms with E-state index in [1.807, 2.05) is 44.3 Å². The molecule has 0 unspecified atom stereocenters. The third-order valence-electron chi connectivity index (χ3n) is 3.82. The highest BCUT2D eigenvalue weighted by atomic mass is 16.2. The maximum atomic E-state index is 12.1. The third-order valence-corrected chi connectivity index (χ3v) is 3.82. The Balaban J connectivity index is 2.50. The second-order valence-electron chi connectivity index (χ2n) is 5.42. The van der Waals surface area contributed by atoms with Crippen LogP contribution in [0.2, 0.25) is 0 Å². The first kappa shape index (κ1) is 13.1. The van der Waals surface area contributed by atoms with Gasteiger partial charge in [-0.05, 0) is 27.7 Å². The van der Waals surface area contributed by atoms with Crippen LogP contribution in [0.15, 0.2) is 0 Å². The Morgan fingerprint density at radius 2 is 2.00 bits per heavy atom. The Hall–Kier alpha value is -1.36. The number of likely N-dealkylation sites (tertiary alicyclic amines) is 1. The zero-order valence-electron chi connectivity index (χ0n) is 11.8. The number of aryl methyl sites for hydroxylation is 2. The maximum Gasteiger partial charge on any atom is 0.225 e. The molecule has 5 heteroatoms. The Labute approximate surface area is 108 Å². The fraction of sp³-hybridized carbons (Fsp3) is 0.692. The van der Waals surface area contributed by atoms with Crippen LogP contribution < -0.4 is 5.73 Å². The van der Waals surface area contributed by atoms with E-state index in [9.17, 15) is 4.79 Å². The number of aromatic nitrogens is 2. The fourth-order valence-electron chi connectivity index (χ4n) is 2.96. The minimum Gasteiger partial charge on any atom is -0.331 e. The van der Waals surface area contributed by atoms with E-state index in [0.717, 1.165) is 17.0 Å². The summed E-state index contributed by atoms with van der Waals surface area (Å²) in [6, 6.07) is -0.0113. The van der Waals surface area contributed by atoms with Crippen molar-refractivity contribution in [2.24, 2.45) is 12.8 Å². The molecule has 1 aliphatic heterocycles. The normalized spacial score (nSPS) is 24.4. The summed E-state index contributed by atoms with van der Waals surface area (Å²) in [7, 11) is 1.92. The second-order valence-corrected chi connectivity index (χ2v) is 5.42. The highest BCUT2D eigenvalue weighted by Crippen LogP contribution is 2.36. The van der Waals surface area contributed by atoms with Crippen molar-refractivity contribution >= 4 is 5.91 Å². The van der Waals surface area contributed by atoms with Gasteiger partial charge in [0.25, 0.3) is 0 Å². The van der Waals surface area contributed by atoms with Crippen LogP contribution in [-0.4, -0.2) is 32.7 Å². The highest BCUT2D eigenvalue weighted by molar-refractivity contribution is 5.80. The number of nitrogens with two attached hydrogens (primary N) is 1. The Kier molecular flexibility index (Phi) is 3.19. The molecular weight excluding hydrogens is 228 g/mol. The molecule has 0 saturated carbocycles. The van der Waals surface area contributed by atoms with Gasteiger partial charge in [-0.3, -0.25) is 9.48 Å². The van der Waals surface area contributed by atoms with Crippen molar-refractivity contribution in [2.45, 2.75) is 52.2 Å². The summed E-state index contributed by atoms with van der Waals surface area (Å²) in [4.78, 5) is 14.0. The van der Waals surface area contributed by atoms with Gasteiger partial charge >= 0.3 is 0 Å². The molecule has 18 heavy (non-hydrogen) atoms. The molecule has 0 radical (unpaired) electrons. The zero-order valence-corrected chi connectivity index (χ0v) is 11.8. The van der Waals surface area contributed by atoms with Gasteiger partial charge in [-0.25, -0.2) is 0 Å². The molecule has 1 saturated heterocycles. The van der Waals surface area contributed by atoms with Crippen molar-refractivity contribution in [3.8, 4) is 0 Å². The Morgan fingerprint density at radius 1 is 1.39 bits per heavy atom. The fourth-order valence-corrected chi connectivity index (χ4v) is 2.96. The molecule has 100 valence electrons. The SMILES string of the molecule is Cc1nn(C)c(C)c1[C@@H]1[C@@H](N)CC(=O)N1C(C)C. The van der Waals surface area contributed by atoms with Crippen LogP contribution in [0.5, 0.6) is 0 Å². The quantitative estimate of drug-likeness (QED) is 0.853. The van der Waals surface area contributed by atoms with Crippen LogP contribution in [0.3, 0.4) is 0 Å². The average molecular weight is 250 g/mol. The molecule has 2 heterocycles. The van der Waals surface area contributed by atoms with E-state index in [2.05, 4.69) is 5.10 Å². The highest BCUT2D eigenvalue weighted by Gasteiger charge is 2.42. The molecular formula is C13H22N4O. The van der Waals surface area contributed by atoms with Gasteiger partial charge in [0, 0.05) is 36.8 Å². The van der Waals surface area contributed by atoms with E-state index < -0.39 is 0 Å². The molecule has 1 aliphatic rings. The van der Waals surface area contributed by atoms with Crippen LogP contribution in [-0.2, 0) is 11.8 Å². The molecule has 5 nitrogen and oxygen atoms in total. The van der Waals surface area contributed by atoms with Gasteiger partial charge in [-0.1, -0.05) is 0 Å². The van der Waals surface area contributed by atoms with Gasteiger partial charge in [0.05, 0.1) is 11.7 Å². The number of hydrogen-bond donors (Lipinski definition) is 1. The lowest BCUT2D eigenvalue weighted by Crippen LogP contribution is -2.38. The predicted molar refractivity (Wildman–Crippen MR) is 70.0 cm³/mol. The number of carbonyl (C=O) groups excluding carboxylic acids is 1. The standard InChI is InChI=1S/C13H22N4O/c1-7(2)17-11(18)6-10(14)13(17)12-8(3)15-16(5)9(12)4/h7,10,13H,6,14H2,1-5H3/t10-,13-/m0/s1. The summed E-state index contributed by atoms with van der Waals surface area (Å²) in [5, 5.41) is 4.43. The number of hydrogen-bond acceptors (Lipinski definition) is 3. The van der Waals surface area contributed by atoms with E-state index in [1.165, 1.54) is 0 Å². The van der Waals surface area contributed by atoms with E-state index in [4.69, 9.17) is 5.73 Å². The van der Waals surface area contributed by atoms with Gasteiger partial charge < -0.3 is 10.6 Å². The first-order chi connectivity index (χ1) is 8.34. The molecule has 1 aromatic heterocycles. The summed E-state index contributed by atoms with van der Waals surface area (Å²) in [5.74, 6) is 0.144. The van der Waals surface area contributed by atoms with Crippen molar-refractivity contribution in [1.29, 1.82) is 0 Å². The second kappa shape index (κ2) is 4.39. The van der Waals surface area contributed by atoms with Crippen LogP contribution in [0.1, 0.15) is 43.3 Å². The summed E-state index contributed by atoms with van der Waals surface area (Å²) in [6.07, 6.45) is 0.427. The molecule has 2 N–H and O–H groups in total. The van der Waals surface area contributed by atoms with Gasteiger partial charge in [0.1, 0.15) is 0 Å². The van der Waals surface area contributed by atoms with Crippen LogP contribution in [0.25, 0.3) is 0 Å². The largest absolute Gasteiger partial charge is 0.331 e. The lowest BCUT2D eigenvalue weighted by molar-refractivity contribution is -0.130. The van der Waals surface area contributed by atoms with E-state index in [-0.39, 0.29) is 24.0 Å². The molecule has 0 aliphatic carbocycles. The molecule has 2 atom stereocenters. The van der Waals surface area contributed by atoms with Crippen molar-refractivity contribution in [3.05, 3.63) is 17.0 Å². The van der Waals surface area contributed by atoms with Gasteiger partial charge in [0.15, 0.2) is 0 Å². The van der Waals surface area contributed by atoms with E-state index in [0.29, 0.717) is 6.42 Å². The third kappa shape index (κ3) is 1.82.